The number of nitriles is 1. The summed E-state index contributed by atoms with van der Waals surface area (Å²) in [5.41, 5.74) is 0.797. The molecular formula is C11H12N2O. The molecule has 2 rings (SSSR count). The SMILES string of the molecule is N#CNc1ccc(OCC2CC2)cc1. The second kappa shape index (κ2) is 4.01. The van der Waals surface area contributed by atoms with Crippen molar-refractivity contribution in [2.45, 2.75) is 12.8 Å². The van der Waals surface area contributed by atoms with Gasteiger partial charge >= 0.3 is 0 Å². The monoisotopic (exact) mass is 188 g/mol. The summed E-state index contributed by atoms with van der Waals surface area (Å²) in [6, 6.07) is 7.43. The maximum absolute atomic E-state index is 8.38. The predicted octanol–water partition coefficient (Wildman–Crippen LogP) is 2.37. The molecule has 1 aromatic rings. The zero-order chi connectivity index (χ0) is 9.80. The molecule has 1 aliphatic carbocycles. The molecule has 0 radical (unpaired) electrons. The fourth-order valence-electron chi connectivity index (χ4n) is 1.20. The van der Waals surface area contributed by atoms with Gasteiger partial charge < -0.3 is 4.74 Å². The van der Waals surface area contributed by atoms with Gasteiger partial charge in [0.2, 0.25) is 0 Å². The molecule has 3 heteroatoms. The molecule has 0 aromatic heterocycles. The van der Waals surface area contributed by atoms with Gasteiger partial charge in [-0.2, -0.15) is 5.26 Å². The van der Waals surface area contributed by atoms with E-state index in [1.54, 1.807) is 0 Å². The van der Waals surface area contributed by atoms with Crippen molar-refractivity contribution in [2.24, 2.45) is 5.92 Å². The number of nitrogens with zero attached hydrogens (tertiary/aromatic N) is 1. The summed E-state index contributed by atoms with van der Waals surface area (Å²) in [5.74, 6) is 1.65. The molecule has 1 saturated carbocycles. The molecule has 72 valence electrons. The summed E-state index contributed by atoms with van der Waals surface area (Å²) < 4.78 is 5.55. The Morgan fingerprint density at radius 2 is 2.07 bits per heavy atom. The highest BCUT2D eigenvalue weighted by molar-refractivity contribution is 5.48. The molecule has 0 atom stereocenters. The van der Waals surface area contributed by atoms with Gasteiger partial charge in [-0.15, -0.1) is 0 Å². The van der Waals surface area contributed by atoms with Crippen LogP contribution >= 0.6 is 0 Å². The predicted molar refractivity (Wildman–Crippen MR) is 53.9 cm³/mol. The molecular weight excluding hydrogens is 176 g/mol. The first kappa shape index (κ1) is 8.89. The largest absolute Gasteiger partial charge is 0.493 e. The van der Waals surface area contributed by atoms with E-state index in [2.05, 4.69) is 5.32 Å². The van der Waals surface area contributed by atoms with E-state index in [0.717, 1.165) is 24.0 Å². The Morgan fingerprint density at radius 3 is 2.64 bits per heavy atom. The third-order valence-corrected chi connectivity index (χ3v) is 2.24. The van der Waals surface area contributed by atoms with Gasteiger partial charge in [-0.1, -0.05) is 0 Å². The van der Waals surface area contributed by atoms with Crippen LogP contribution in [0.3, 0.4) is 0 Å². The Balaban J connectivity index is 1.88. The molecule has 0 aliphatic heterocycles. The molecule has 1 aliphatic rings. The van der Waals surface area contributed by atoms with Crippen molar-refractivity contribution < 1.29 is 4.74 Å². The Labute approximate surface area is 83.3 Å². The number of nitrogens with one attached hydrogen (secondary N) is 1. The van der Waals surface area contributed by atoms with Crippen LogP contribution in [0.2, 0.25) is 0 Å². The van der Waals surface area contributed by atoms with Crippen LogP contribution in [0.4, 0.5) is 5.69 Å². The quantitative estimate of drug-likeness (QED) is 0.582. The second-order valence-corrected chi connectivity index (χ2v) is 3.52. The molecule has 0 spiro atoms. The number of benzene rings is 1. The summed E-state index contributed by atoms with van der Waals surface area (Å²) in [6.07, 6.45) is 4.47. The molecule has 0 unspecified atom stereocenters. The van der Waals surface area contributed by atoms with Crippen molar-refractivity contribution >= 4 is 5.69 Å². The minimum atomic E-state index is 0.770. The van der Waals surface area contributed by atoms with Crippen LogP contribution in [0.15, 0.2) is 24.3 Å². The average molecular weight is 188 g/mol. The van der Waals surface area contributed by atoms with Gasteiger partial charge in [0.05, 0.1) is 6.61 Å². The summed E-state index contributed by atoms with van der Waals surface area (Å²) in [7, 11) is 0. The van der Waals surface area contributed by atoms with Gasteiger partial charge in [-0.25, -0.2) is 0 Å². The molecule has 0 saturated heterocycles. The molecule has 1 aromatic carbocycles. The molecule has 3 nitrogen and oxygen atoms in total. The zero-order valence-electron chi connectivity index (χ0n) is 7.86. The topological polar surface area (TPSA) is 45.0 Å². The van der Waals surface area contributed by atoms with Gasteiger partial charge in [-0.05, 0) is 43.0 Å². The Hall–Kier alpha value is -1.69. The van der Waals surface area contributed by atoms with Crippen molar-refractivity contribution in [2.75, 3.05) is 11.9 Å². The fraction of sp³-hybridized carbons (Fsp3) is 0.364. The van der Waals surface area contributed by atoms with E-state index in [-0.39, 0.29) is 0 Å². The van der Waals surface area contributed by atoms with E-state index in [1.165, 1.54) is 12.8 Å². The number of hydrogen-bond donors (Lipinski definition) is 1. The van der Waals surface area contributed by atoms with Gasteiger partial charge in [0.15, 0.2) is 6.19 Å². The maximum atomic E-state index is 8.38. The van der Waals surface area contributed by atoms with Crippen LogP contribution in [0.25, 0.3) is 0 Å². The van der Waals surface area contributed by atoms with Crippen LogP contribution < -0.4 is 10.1 Å². The lowest BCUT2D eigenvalue weighted by Crippen LogP contribution is -1.98. The highest BCUT2D eigenvalue weighted by Crippen LogP contribution is 2.29. The number of hydrogen-bond acceptors (Lipinski definition) is 3. The summed E-state index contributed by atoms with van der Waals surface area (Å²) in [4.78, 5) is 0. The van der Waals surface area contributed by atoms with E-state index in [1.807, 2.05) is 30.5 Å². The van der Waals surface area contributed by atoms with E-state index < -0.39 is 0 Å². The molecule has 0 heterocycles. The van der Waals surface area contributed by atoms with E-state index in [0.29, 0.717) is 0 Å². The molecule has 1 fully saturated rings. The first-order valence-electron chi connectivity index (χ1n) is 4.76. The van der Waals surface area contributed by atoms with Crippen molar-refractivity contribution in [3.63, 3.8) is 0 Å². The van der Waals surface area contributed by atoms with Gasteiger partial charge in [0.1, 0.15) is 5.75 Å². The van der Waals surface area contributed by atoms with Crippen LogP contribution in [-0.2, 0) is 0 Å². The van der Waals surface area contributed by atoms with Crippen molar-refractivity contribution in [1.82, 2.24) is 0 Å². The van der Waals surface area contributed by atoms with Gasteiger partial charge in [-0.3, -0.25) is 5.32 Å². The molecule has 0 amide bonds. The first-order chi connectivity index (χ1) is 6.88. The Morgan fingerprint density at radius 1 is 1.36 bits per heavy atom. The summed E-state index contributed by atoms with van der Waals surface area (Å²) >= 11 is 0. The standard InChI is InChI=1S/C11H12N2O/c12-8-13-10-3-5-11(6-4-10)14-7-9-1-2-9/h3-6,9,13H,1-2,7H2. The van der Waals surface area contributed by atoms with Crippen LogP contribution in [-0.4, -0.2) is 6.61 Å². The summed E-state index contributed by atoms with van der Waals surface area (Å²) in [6.45, 7) is 0.824. The number of anilines is 1. The van der Waals surface area contributed by atoms with E-state index >= 15 is 0 Å². The lowest BCUT2D eigenvalue weighted by Gasteiger charge is -2.05. The van der Waals surface area contributed by atoms with Crippen molar-refractivity contribution in [3.05, 3.63) is 24.3 Å². The normalized spacial score (nSPS) is 14.5. The molecule has 14 heavy (non-hydrogen) atoms. The minimum absolute atomic E-state index is 0.770. The Kier molecular flexibility index (Phi) is 2.55. The number of ether oxygens (including phenoxy) is 1. The third-order valence-electron chi connectivity index (χ3n) is 2.24. The minimum Gasteiger partial charge on any atom is -0.493 e. The lowest BCUT2D eigenvalue weighted by atomic mass is 10.3. The molecule has 1 N–H and O–H groups in total. The molecule has 0 bridgehead atoms. The average Bonchev–Trinajstić information content (AvgIpc) is 3.01. The highest BCUT2D eigenvalue weighted by atomic mass is 16.5. The van der Waals surface area contributed by atoms with Crippen molar-refractivity contribution in [3.8, 4) is 11.9 Å². The van der Waals surface area contributed by atoms with E-state index in [4.69, 9.17) is 10.00 Å². The summed E-state index contributed by atoms with van der Waals surface area (Å²) in [5, 5.41) is 10.9. The first-order valence-corrected chi connectivity index (χ1v) is 4.76. The van der Waals surface area contributed by atoms with Crippen molar-refractivity contribution in [1.29, 1.82) is 5.26 Å². The van der Waals surface area contributed by atoms with Gasteiger partial charge in [0.25, 0.3) is 0 Å². The van der Waals surface area contributed by atoms with Crippen LogP contribution in [0, 0.1) is 17.4 Å². The van der Waals surface area contributed by atoms with E-state index in [9.17, 15) is 0 Å². The highest BCUT2D eigenvalue weighted by Gasteiger charge is 2.21. The van der Waals surface area contributed by atoms with Crippen LogP contribution in [0.1, 0.15) is 12.8 Å². The fourth-order valence-corrected chi connectivity index (χ4v) is 1.20. The Bertz CT molecular complexity index is 335. The van der Waals surface area contributed by atoms with Crippen LogP contribution in [0.5, 0.6) is 5.75 Å². The maximum Gasteiger partial charge on any atom is 0.181 e. The third kappa shape index (κ3) is 2.40. The lowest BCUT2D eigenvalue weighted by molar-refractivity contribution is 0.300. The smallest absolute Gasteiger partial charge is 0.181 e. The second-order valence-electron chi connectivity index (χ2n) is 3.52. The number of rotatable bonds is 4. The zero-order valence-corrected chi connectivity index (χ0v) is 7.86. The van der Waals surface area contributed by atoms with Gasteiger partial charge in [0, 0.05) is 5.69 Å².